The second-order valence-electron chi connectivity index (χ2n) is 5.47. The van der Waals surface area contributed by atoms with Gasteiger partial charge in [0.1, 0.15) is 0 Å². The number of benzene rings is 2. The fourth-order valence-electron chi connectivity index (χ4n) is 2.40. The Hall–Kier alpha value is -2.04. The van der Waals surface area contributed by atoms with Gasteiger partial charge >= 0.3 is 0 Å². The van der Waals surface area contributed by atoms with E-state index in [2.05, 4.69) is 24.4 Å². The van der Waals surface area contributed by atoms with Crippen molar-refractivity contribution in [3.8, 4) is 11.5 Å². The molecule has 4 heteroatoms. The van der Waals surface area contributed by atoms with Crippen LogP contribution in [0.25, 0.3) is 0 Å². The minimum absolute atomic E-state index is 0.181. The molecule has 2 atom stereocenters. The lowest BCUT2D eigenvalue weighted by atomic mass is 10.0. The molecule has 0 bridgehead atoms. The van der Waals surface area contributed by atoms with Gasteiger partial charge in [-0.15, -0.1) is 0 Å². The SMILES string of the molecule is CCC(Cc1ccccc1)NC[C@H](O)c1ccc(O)c(O)c1. The van der Waals surface area contributed by atoms with Crippen molar-refractivity contribution >= 4 is 0 Å². The summed E-state index contributed by atoms with van der Waals surface area (Å²) >= 11 is 0. The highest BCUT2D eigenvalue weighted by Crippen LogP contribution is 2.27. The van der Waals surface area contributed by atoms with E-state index in [-0.39, 0.29) is 17.5 Å². The zero-order chi connectivity index (χ0) is 15.9. The van der Waals surface area contributed by atoms with Gasteiger partial charge in [-0.25, -0.2) is 0 Å². The van der Waals surface area contributed by atoms with Crippen LogP contribution in [0.3, 0.4) is 0 Å². The molecule has 2 rings (SSSR count). The van der Waals surface area contributed by atoms with Crippen LogP contribution in [0.1, 0.15) is 30.6 Å². The molecule has 2 aromatic rings. The zero-order valence-electron chi connectivity index (χ0n) is 12.7. The van der Waals surface area contributed by atoms with Gasteiger partial charge < -0.3 is 20.6 Å². The molecule has 0 aliphatic carbocycles. The van der Waals surface area contributed by atoms with Crippen LogP contribution < -0.4 is 5.32 Å². The van der Waals surface area contributed by atoms with Crippen LogP contribution in [0, 0.1) is 0 Å². The molecule has 22 heavy (non-hydrogen) atoms. The van der Waals surface area contributed by atoms with Crippen LogP contribution in [0.2, 0.25) is 0 Å². The van der Waals surface area contributed by atoms with Crippen molar-refractivity contribution in [3.05, 3.63) is 59.7 Å². The topological polar surface area (TPSA) is 72.7 Å². The smallest absolute Gasteiger partial charge is 0.157 e. The van der Waals surface area contributed by atoms with Crippen LogP contribution in [0.5, 0.6) is 11.5 Å². The fourth-order valence-corrected chi connectivity index (χ4v) is 2.40. The molecule has 118 valence electrons. The maximum absolute atomic E-state index is 10.2. The van der Waals surface area contributed by atoms with E-state index in [1.807, 2.05) is 18.2 Å². The zero-order valence-corrected chi connectivity index (χ0v) is 12.7. The van der Waals surface area contributed by atoms with E-state index in [1.165, 1.54) is 17.7 Å². The van der Waals surface area contributed by atoms with E-state index >= 15 is 0 Å². The highest BCUT2D eigenvalue weighted by atomic mass is 16.3. The lowest BCUT2D eigenvalue weighted by Gasteiger charge is -2.20. The highest BCUT2D eigenvalue weighted by molar-refractivity contribution is 5.41. The Morgan fingerprint density at radius 3 is 2.36 bits per heavy atom. The summed E-state index contributed by atoms with van der Waals surface area (Å²) in [5.41, 5.74) is 1.84. The van der Waals surface area contributed by atoms with Gasteiger partial charge in [0.25, 0.3) is 0 Å². The number of rotatable bonds is 7. The molecule has 0 aliphatic heterocycles. The van der Waals surface area contributed by atoms with Gasteiger partial charge in [-0.05, 0) is 36.1 Å². The fraction of sp³-hybridized carbons (Fsp3) is 0.333. The Morgan fingerprint density at radius 1 is 1.00 bits per heavy atom. The predicted octanol–water partition coefficient (Wildman–Crippen LogP) is 2.74. The van der Waals surface area contributed by atoms with Gasteiger partial charge in [-0.3, -0.25) is 0 Å². The average Bonchev–Trinajstić information content (AvgIpc) is 2.54. The Kier molecular flexibility index (Phi) is 5.81. The molecule has 0 amide bonds. The van der Waals surface area contributed by atoms with Crippen LogP contribution in [-0.2, 0) is 6.42 Å². The minimum Gasteiger partial charge on any atom is -0.504 e. The summed E-state index contributed by atoms with van der Waals surface area (Å²) in [6.07, 6.45) is 1.14. The number of hydrogen-bond donors (Lipinski definition) is 4. The largest absolute Gasteiger partial charge is 0.504 e. The summed E-state index contributed by atoms with van der Waals surface area (Å²) in [7, 11) is 0. The standard InChI is InChI=1S/C18H23NO3/c1-2-15(10-13-6-4-3-5-7-13)19-12-18(22)14-8-9-16(20)17(21)11-14/h3-9,11,15,18-22H,2,10,12H2,1H3/t15?,18-/m0/s1. The van der Waals surface area contributed by atoms with Crippen molar-refractivity contribution in [1.29, 1.82) is 0 Å². The number of hydrogen-bond acceptors (Lipinski definition) is 4. The first-order valence-electron chi connectivity index (χ1n) is 7.57. The maximum atomic E-state index is 10.2. The van der Waals surface area contributed by atoms with Crippen molar-refractivity contribution in [2.75, 3.05) is 6.54 Å². The average molecular weight is 301 g/mol. The van der Waals surface area contributed by atoms with Gasteiger partial charge in [0.2, 0.25) is 0 Å². The third-order valence-corrected chi connectivity index (χ3v) is 3.80. The van der Waals surface area contributed by atoms with Crippen LogP contribution >= 0.6 is 0 Å². The predicted molar refractivity (Wildman–Crippen MR) is 87.0 cm³/mol. The van der Waals surface area contributed by atoms with Crippen molar-refractivity contribution in [2.45, 2.75) is 31.9 Å². The molecule has 0 aliphatic rings. The highest BCUT2D eigenvalue weighted by Gasteiger charge is 2.13. The second-order valence-corrected chi connectivity index (χ2v) is 5.47. The number of aliphatic hydroxyl groups is 1. The van der Waals surface area contributed by atoms with E-state index in [1.54, 1.807) is 6.07 Å². The monoisotopic (exact) mass is 301 g/mol. The summed E-state index contributed by atoms with van der Waals surface area (Å²) in [5.74, 6) is -0.396. The van der Waals surface area contributed by atoms with E-state index in [0.717, 1.165) is 12.8 Å². The summed E-state index contributed by atoms with van der Waals surface area (Å²) < 4.78 is 0. The van der Waals surface area contributed by atoms with Crippen molar-refractivity contribution < 1.29 is 15.3 Å². The molecule has 0 fully saturated rings. The van der Waals surface area contributed by atoms with Crippen molar-refractivity contribution in [1.82, 2.24) is 5.32 Å². The van der Waals surface area contributed by atoms with Crippen molar-refractivity contribution in [2.24, 2.45) is 0 Å². The number of phenols is 2. The summed E-state index contributed by atoms with van der Waals surface area (Å²) in [6, 6.07) is 14.9. The molecule has 0 heterocycles. The molecule has 1 unspecified atom stereocenters. The quantitative estimate of drug-likeness (QED) is 0.593. The molecule has 0 spiro atoms. The Bertz CT molecular complexity index is 586. The summed E-state index contributed by atoms with van der Waals surface area (Å²) in [4.78, 5) is 0. The number of aromatic hydroxyl groups is 2. The number of aliphatic hydroxyl groups excluding tert-OH is 1. The molecule has 2 aromatic carbocycles. The molecule has 0 saturated heterocycles. The molecule has 0 saturated carbocycles. The second kappa shape index (κ2) is 7.82. The molecular weight excluding hydrogens is 278 g/mol. The van der Waals surface area contributed by atoms with E-state index < -0.39 is 6.10 Å². The Balaban J connectivity index is 1.90. The first-order chi connectivity index (χ1) is 10.6. The van der Waals surface area contributed by atoms with Gasteiger partial charge in [0.15, 0.2) is 11.5 Å². The van der Waals surface area contributed by atoms with Gasteiger partial charge in [0.05, 0.1) is 6.10 Å². The van der Waals surface area contributed by atoms with Crippen molar-refractivity contribution in [3.63, 3.8) is 0 Å². The lowest BCUT2D eigenvalue weighted by molar-refractivity contribution is 0.168. The third-order valence-electron chi connectivity index (χ3n) is 3.80. The maximum Gasteiger partial charge on any atom is 0.157 e. The first-order valence-corrected chi connectivity index (χ1v) is 7.57. The summed E-state index contributed by atoms with van der Waals surface area (Å²) in [5, 5.41) is 32.3. The van der Waals surface area contributed by atoms with Crippen LogP contribution in [0.4, 0.5) is 0 Å². The van der Waals surface area contributed by atoms with Crippen LogP contribution in [-0.4, -0.2) is 27.9 Å². The van der Waals surface area contributed by atoms with Crippen LogP contribution in [0.15, 0.2) is 48.5 Å². The molecular formula is C18H23NO3. The normalized spacial score (nSPS) is 13.7. The molecule has 0 radical (unpaired) electrons. The van der Waals surface area contributed by atoms with E-state index in [9.17, 15) is 15.3 Å². The molecule has 0 aromatic heterocycles. The van der Waals surface area contributed by atoms with Gasteiger partial charge in [0, 0.05) is 12.6 Å². The third kappa shape index (κ3) is 4.48. The van der Waals surface area contributed by atoms with Gasteiger partial charge in [-0.1, -0.05) is 43.3 Å². The number of phenolic OH excluding ortho intramolecular Hbond substituents is 2. The number of nitrogens with one attached hydrogen (secondary N) is 1. The molecule has 4 nitrogen and oxygen atoms in total. The van der Waals surface area contributed by atoms with E-state index in [4.69, 9.17) is 0 Å². The Morgan fingerprint density at radius 2 is 1.73 bits per heavy atom. The van der Waals surface area contributed by atoms with E-state index in [0.29, 0.717) is 12.1 Å². The minimum atomic E-state index is -0.726. The van der Waals surface area contributed by atoms with Gasteiger partial charge in [-0.2, -0.15) is 0 Å². The Labute approximate surface area is 131 Å². The molecule has 4 N–H and O–H groups in total. The summed E-state index contributed by atoms with van der Waals surface area (Å²) in [6.45, 7) is 2.51. The lowest BCUT2D eigenvalue weighted by Crippen LogP contribution is -2.34. The first kappa shape index (κ1) is 16.3.